The number of carbonyl (C=O) groups excluding carboxylic acids is 2. The molecule has 0 aromatic carbocycles. The number of hydrogen-bond acceptors (Lipinski definition) is 3. The first kappa shape index (κ1) is 10.1. The van der Waals surface area contributed by atoms with Crippen LogP contribution < -0.4 is 0 Å². The quantitative estimate of drug-likeness (QED) is 0.401. The highest BCUT2D eigenvalue weighted by atomic mass is 16.6. The van der Waals surface area contributed by atoms with Crippen molar-refractivity contribution >= 4 is 12.3 Å². The molecular weight excluding hydrogens is 192 g/mol. The molecule has 0 spiro atoms. The highest BCUT2D eigenvalue weighted by molar-refractivity contribution is 5.90. The molecule has 15 heavy (non-hydrogen) atoms. The Labute approximate surface area is 88.8 Å². The fourth-order valence-corrected chi connectivity index (χ4v) is 2.13. The van der Waals surface area contributed by atoms with E-state index >= 15 is 0 Å². The van der Waals surface area contributed by atoms with E-state index in [1.165, 1.54) is 5.57 Å². The Hall–Kier alpha value is -1.38. The van der Waals surface area contributed by atoms with E-state index < -0.39 is 5.41 Å². The summed E-state index contributed by atoms with van der Waals surface area (Å²) in [6.07, 6.45) is 5.75. The van der Waals surface area contributed by atoms with Crippen molar-refractivity contribution in [1.29, 1.82) is 0 Å². The number of hydrogen-bond donors (Lipinski definition) is 0. The van der Waals surface area contributed by atoms with Gasteiger partial charge in [0.05, 0.1) is 0 Å². The maximum atomic E-state index is 11.5. The van der Waals surface area contributed by atoms with E-state index in [0.717, 1.165) is 6.29 Å². The molecule has 80 valence electrons. The van der Waals surface area contributed by atoms with Gasteiger partial charge in [-0.2, -0.15) is 0 Å². The Bertz CT molecular complexity index is 374. The van der Waals surface area contributed by atoms with Crippen LogP contribution in [0.5, 0.6) is 0 Å². The van der Waals surface area contributed by atoms with Crippen LogP contribution in [0.2, 0.25) is 0 Å². The van der Waals surface area contributed by atoms with Gasteiger partial charge in [-0.1, -0.05) is 17.7 Å². The lowest BCUT2D eigenvalue weighted by molar-refractivity contribution is -0.194. The van der Waals surface area contributed by atoms with Crippen molar-refractivity contribution in [3.63, 3.8) is 0 Å². The number of esters is 1. The van der Waals surface area contributed by atoms with Crippen LogP contribution in [0.4, 0.5) is 0 Å². The molecular formula is C12H14O3. The Morgan fingerprint density at radius 1 is 1.67 bits per heavy atom. The number of fused-ring (bicyclic) bond motifs is 1. The summed E-state index contributed by atoms with van der Waals surface area (Å²) < 4.78 is 5.05. The molecule has 3 heteroatoms. The highest BCUT2D eigenvalue weighted by Gasteiger charge is 2.59. The Morgan fingerprint density at radius 2 is 2.40 bits per heavy atom. The molecule has 1 aliphatic carbocycles. The van der Waals surface area contributed by atoms with E-state index in [2.05, 4.69) is 0 Å². The molecule has 0 aromatic rings. The van der Waals surface area contributed by atoms with Crippen molar-refractivity contribution in [2.24, 2.45) is 5.41 Å². The number of carbonyl (C=O) groups is 2. The number of aldehydes is 1. The van der Waals surface area contributed by atoms with Crippen molar-refractivity contribution in [3.8, 4) is 0 Å². The third-order valence-electron chi connectivity index (χ3n) is 3.07. The third kappa shape index (κ3) is 1.42. The van der Waals surface area contributed by atoms with Gasteiger partial charge in [0.1, 0.15) is 17.8 Å². The van der Waals surface area contributed by atoms with Crippen LogP contribution in [0.15, 0.2) is 23.3 Å². The first-order chi connectivity index (χ1) is 7.08. The van der Waals surface area contributed by atoms with E-state index in [-0.39, 0.29) is 12.1 Å². The van der Waals surface area contributed by atoms with Gasteiger partial charge in [0.15, 0.2) is 0 Å². The molecule has 1 fully saturated rings. The maximum absolute atomic E-state index is 11.5. The van der Waals surface area contributed by atoms with Gasteiger partial charge in [-0.05, 0) is 25.8 Å². The SMILES string of the molecule is CC(C)=CC[C@@]12C=C(C=O)C[C@@H]1OC2=O. The summed E-state index contributed by atoms with van der Waals surface area (Å²) >= 11 is 0. The highest BCUT2D eigenvalue weighted by Crippen LogP contribution is 2.49. The van der Waals surface area contributed by atoms with Crippen LogP contribution in [0.3, 0.4) is 0 Å². The molecule has 2 rings (SSSR count). The van der Waals surface area contributed by atoms with Gasteiger partial charge in [-0.3, -0.25) is 9.59 Å². The smallest absolute Gasteiger partial charge is 0.320 e. The van der Waals surface area contributed by atoms with Gasteiger partial charge < -0.3 is 4.74 Å². The topological polar surface area (TPSA) is 43.4 Å². The average molecular weight is 206 g/mol. The lowest BCUT2D eigenvalue weighted by Crippen LogP contribution is -2.52. The van der Waals surface area contributed by atoms with Crippen molar-refractivity contribution in [3.05, 3.63) is 23.3 Å². The number of ether oxygens (including phenoxy) is 1. The van der Waals surface area contributed by atoms with Crippen LogP contribution >= 0.6 is 0 Å². The predicted octanol–water partition coefficient (Wildman–Crippen LogP) is 1.78. The van der Waals surface area contributed by atoms with Crippen LogP contribution in [0, 0.1) is 5.41 Å². The molecule has 0 amide bonds. The number of allylic oxidation sites excluding steroid dienone is 2. The molecule has 0 unspecified atom stereocenters. The fourth-order valence-electron chi connectivity index (χ4n) is 2.13. The summed E-state index contributed by atoms with van der Waals surface area (Å²) in [5.74, 6) is -0.193. The lowest BCUT2D eigenvalue weighted by Gasteiger charge is -2.41. The zero-order valence-electron chi connectivity index (χ0n) is 8.95. The first-order valence-electron chi connectivity index (χ1n) is 5.10. The van der Waals surface area contributed by atoms with Gasteiger partial charge in [-0.15, -0.1) is 0 Å². The monoisotopic (exact) mass is 206 g/mol. The summed E-state index contributed by atoms with van der Waals surface area (Å²) in [5, 5.41) is 0. The van der Waals surface area contributed by atoms with E-state index in [4.69, 9.17) is 4.74 Å². The number of rotatable bonds is 3. The van der Waals surface area contributed by atoms with E-state index in [9.17, 15) is 9.59 Å². The molecule has 1 aliphatic heterocycles. The van der Waals surface area contributed by atoms with Gasteiger partial charge >= 0.3 is 5.97 Å². The summed E-state index contributed by atoms with van der Waals surface area (Å²) in [6.45, 7) is 3.99. The second-order valence-corrected chi connectivity index (χ2v) is 4.46. The van der Waals surface area contributed by atoms with Crippen LogP contribution in [0.25, 0.3) is 0 Å². The molecule has 0 bridgehead atoms. The van der Waals surface area contributed by atoms with Crippen molar-refractivity contribution in [2.75, 3.05) is 0 Å². The van der Waals surface area contributed by atoms with E-state index in [1.807, 2.05) is 19.9 Å². The molecule has 0 N–H and O–H groups in total. The largest absolute Gasteiger partial charge is 0.460 e. The Kier molecular flexibility index (Phi) is 2.25. The van der Waals surface area contributed by atoms with Crippen molar-refractivity contribution in [2.45, 2.75) is 32.8 Å². The molecule has 0 saturated carbocycles. The lowest BCUT2D eigenvalue weighted by atomic mass is 9.77. The molecule has 2 aliphatic rings. The van der Waals surface area contributed by atoms with Gasteiger partial charge in [-0.25, -0.2) is 0 Å². The molecule has 1 saturated heterocycles. The standard InChI is InChI=1S/C12H14O3/c1-8(2)3-4-12-6-9(7-13)5-10(12)15-11(12)14/h3,6-7,10H,4-5H2,1-2H3/t10-,12+/m0/s1. The average Bonchev–Trinajstić information content (AvgIpc) is 2.48. The van der Waals surface area contributed by atoms with Crippen LogP contribution in [-0.4, -0.2) is 18.4 Å². The van der Waals surface area contributed by atoms with Crippen LogP contribution in [0.1, 0.15) is 26.7 Å². The molecule has 2 atom stereocenters. The maximum Gasteiger partial charge on any atom is 0.320 e. The van der Waals surface area contributed by atoms with Crippen molar-refractivity contribution < 1.29 is 14.3 Å². The fraction of sp³-hybridized carbons (Fsp3) is 0.500. The predicted molar refractivity (Wildman–Crippen MR) is 55.1 cm³/mol. The van der Waals surface area contributed by atoms with Crippen LogP contribution in [-0.2, 0) is 14.3 Å². The second kappa shape index (κ2) is 3.33. The minimum Gasteiger partial charge on any atom is -0.460 e. The second-order valence-electron chi connectivity index (χ2n) is 4.46. The van der Waals surface area contributed by atoms with E-state index in [1.54, 1.807) is 6.08 Å². The summed E-state index contributed by atoms with van der Waals surface area (Å²) in [5.41, 5.74) is 1.33. The van der Waals surface area contributed by atoms with Gasteiger partial charge in [0.25, 0.3) is 0 Å². The molecule has 0 aromatic heterocycles. The zero-order chi connectivity index (χ0) is 11.1. The van der Waals surface area contributed by atoms with Crippen molar-refractivity contribution in [1.82, 2.24) is 0 Å². The minimum absolute atomic E-state index is 0.110. The van der Waals surface area contributed by atoms with Gasteiger partial charge in [0, 0.05) is 6.42 Å². The zero-order valence-corrected chi connectivity index (χ0v) is 8.95. The Morgan fingerprint density at radius 3 is 2.93 bits per heavy atom. The normalized spacial score (nSPS) is 32.3. The first-order valence-corrected chi connectivity index (χ1v) is 5.10. The molecule has 0 radical (unpaired) electrons. The summed E-state index contributed by atoms with van der Waals surface area (Å²) in [4.78, 5) is 22.2. The Balaban J connectivity index is 2.24. The minimum atomic E-state index is -0.534. The van der Waals surface area contributed by atoms with Gasteiger partial charge in [0.2, 0.25) is 0 Å². The summed E-state index contributed by atoms with van der Waals surface area (Å²) in [7, 11) is 0. The molecule has 3 nitrogen and oxygen atoms in total. The third-order valence-corrected chi connectivity index (χ3v) is 3.07. The molecule has 1 heterocycles. The van der Waals surface area contributed by atoms with E-state index in [0.29, 0.717) is 18.4 Å². The summed E-state index contributed by atoms with van der Waals surface area (Å²) in [6, 6.07) is 0.